The molecule has 1 aliphatic heterocycles. The number of hydrogen-bond acceptors (Lipinski definition) is 8. The molecule has 198 valence electrons. The topological polar surface area (TPSA) is 104 Å². The molecule has 1 fully saturated rings. The smallest absolute Gasteiger partial charge is 0.261 e. The molecular formula is C27H29N5O4S2. The van der Waals surface area contributed by atoms with Crippen LogP contribution in [0.25, 0.3) is 10.2 Å². The lowest BCUT2D eigenvalue weighted by molar-refractivity contribution is 0.0948. The first-order valence-corrected chi connectivity index (χ1v) is 14.6. The van der Waals surface area contributed by atoms with Gasteiger partial charge in [0.05, 0.1) is 22.2 Å². The molecule has 1 aromatic heterocycles. The highest BCUT2D eigenvalue weighted by Gasteiger charge is 2.20. The average molecular weight is 552 g/mol. The summed E-state index contributed by atoms with van der Waals surface area (Å²) in [4.78, 5) is 22.1. The summed E-state index contributed by atoms with van der Waals surface area (Å²) >= 11 is 1.73. The first kappa shape index (κ1) is 26.0. The van der Waals surface area contributed by atoms with Crippen molar-refractivity contribution in [3.8, 4) is 5.75 Å². The van der Waals surface area contributed by atoms with Gasteiger partial charge in [0.15, 0.2) is 5.13 Å². The van der Waals surface area contributed by atoms with Crippen molar-refractivity contribution in [1.29, 1.82) is 0 Å². The molecule has 2 N–H and O–H groups in total. The number of benzene rings is 3. The van der Waals surface area contributed by atoms with Crippen LogP contribution in [0, 0.1) is 0 Å². The number of methoxy groups -OCH3 is 1. The zero-order valence-corrected chi connectivity index (χ0v) is 22.6. The molecule has 0 spiro atoms. The van der Waals surface area contributed by atoms with Crippen molar-refractivity contribution in [2.24, 2.45) is 0 Å². The number of rotatable bonds is 9. The molecule has 0 aliphatic carbocycles. The monoisotopic (exact) mass is 551 g/mol. The number of ether oxygens (including phenoxy) is 1. The van der Waals surface area contributed by atoms with Crippen molar-refractivity contribution in [2.75, 3.05) is 56.0 Å². The Morgan fingerprint density at radius 3 is 2.37 bits per heavy atom. The molecule has 0 radical (unpaired) electrons. The van der Waals surface area contributed by atoms with Gasteiger partial charge in [0.2, 0.25) is 0 Å². The fourth-order valence-electron chi connectivity index (χ4n) is 4.25. The van der Waals surface area contributed by atoms with E-state index in [1.807, 2.05) is 18.2 Å². The SMILES string of the molecule is COc1ccc(S(=O)(=O)Nc2ccc(C(=O)NCCN3CCN(c4nc5ccccc5s4)CC3)cc2)cc1. The second-order valence-electron chi connectivity index (χ2n) is 8.91. The maximum absolute atomic E-state index is 12.6. The van der Waals surface area contributed by atoms with E-state index in [1.54, 1.807) is 47.7 Å². The Kier molecular flexibility index (Phi) is 7.77. The predicted molar refractivity (Wildman–Crippen MR) is 151 cm³/mol. The van der Waals surface area contributed by atoms with Gasteiger partial charge in [0.1, 0.15) is 5.75 Å². The number of piperazine rings is 1. The predicted octanol–water partition coefficient (Wildman–Crippen LogP) is 3.66. The number of hydrogen-bond donors (Lipinski definition) is 2. The standard InChI is InChI=1S/C27H29N5O4S2/c1-36-22-10-12-23(13-11-22)38(34,35)30-21-8-6-20(7-9-21)26(33)28-14-15-31-16-18-32(19-17-31)27-29-24-4-2-3-5-25(24)37-27/h2-13,30H,14-19H2,1H3,(H,28,33). The number of carbonyl (C=O) groups excluding carboxylic acids is 1. The maximum Gasteiger partial charge on any atom is 0.261 e. The molecule has 3 aromatic carbocycles. The number of sulfonamides is 1. The van der Waals surface area contributed by atoms with E-state index in [0.29, 0.717) is 23.5 Å². The van der Waals surface area contributed by atoms with E-state index in [4.69, 9.17) is 9.72 Å². The van der Waals surface area contributed by atoms with Gasteiger partial charge in [-0.1, -0.05) is 23.5 Å². The second kappa shape index (κ2) is 11.4. The minimum atomic E-state index is -3.75. The van der Waals surface area contributed by atoms with Crippen LogP contribution in [-0.2, 0) is 10.0 Å². The van der Waals surface area contributed by atoms with E-state index in [2.05, 4.69) is 25.9 Å². The lowest BCUT2D eigenvalue weighted by atomic mass is 10.2. The summed E-state index contributed by atoms with van der Waals surface area (Å²) in [6.07, 6.45) is 0. The number of anilines is 2. The molecule has 4 aromatic rings. The largest absolute Gasteiger partial charge is 0.497 e. The molecule has 0 saturated carbocycles. The highest BCUT2D eigenvalue weighted by molar-refractivity contribution is 7.92. The van der Waals surface area contributed by atoms with Gasteiger partial charge in [-0.05, 0) is 60.7 Å². The molecule has 9 nitrogen and oxygen atoms in total. The Hall–Kier alpha value is -3.67. The van der Waals surface area contributed by atoms with E-state index in [-0.39, 0.29) is 10.8 Å². The molecule has 38 heavy (non-hydrogen) atoms. The molecule has 5 rings (SSSR count). The minimum absolute atomic E-state index is 0.126. The fraction of sp³-hybridized carbons (Fsp3) is 0.259. The molecule has 1 aliphatic rings. The molecule has 2 heterocycles. The zero-order valence-electron chi connectivity index (χ0n) is 21.0. The van der Waals surface area contributed by atoms with Crippen molar-refractivity contribution in [3.05, 3.63) is 78.4 Å². The number of carbonyl (C=O) groups is 1. The van der Waals surface area contributed by atoms with Crippen LogP contribution in [0.4, 0.5) is 10.8 Å². The number of aromatic nitrogens is 1. The summed E-state index contributed by atoms with van der Waals surface area (Å²) in [6, 6.07) is 20.7. The number of nitrogens with zero attached hydrogens (tertiary/aromatic N) is 3. The number of amides is 1. The molecule has 11 heteroatoms. The summed E-state index contributed by atoms with van der Waals surface area (Å²) < 4.78 is 34.0. The van der Waals surface area contributed by atoms with Gasteiger partial charge in [-0.25, -0.2) is 13.4 Å². The van der Waals surface area contributed by atoms with Gasteiger partial charge in [-0.15, -0.1) is 0 Å². The molecular weight excluding hydrogens is 522 g/mol. The van der Waals surface area contributed by atoms with Gasteiger partial charge in [0, 0.05) is 50.5 Å². The third-order valence-electron chi connectivity index (χ3n) is 6.41. The molecule has 1 saturated heterocycles. The van der Waals surface area contributed by atoms with Crippen LogP contribution >= 0.6 is 11.3 Å². The minimum Gasteiger partial charge on any atom is -0.497 e. The van der Waals surface area contributed by atoms with Gasteiger partial charge >= 0.3 is 0 Å². The van der Waals surface area contributed by atoms with Crippen LogP contribution in [0.3, 0.4) is 0 Å². The quantitative estimate of drug-likeness (QED) is 0.327. The molecule has 0 bridgehead atoms. The molecule has 0 atom stereocenters. The van der Waals surface area contributed by atoms with Crippen LogP contribution in [0.1, 0.15) is 10.4 Å². The lowest BCUT2D eigenvalue weighted by Crippen LogP contribution is -2.48. The Morgan fingerprint density at radius 1 is 0.974 bits per heavy atom. The third-order valence-corrected chi connectivity index (χ3v) is 8.90. The number of fused-ring (bicyclic) bond motifs is 1. The Balaban J connectivity index is 1.07. The highest BCUT2D eigenvalue weighted by atomic mass is 32.2. The Morgan fingerprint density at radius 2 is 1.68 bits per heavy atom. The van der Waals surface area contributed by atoms with E-state index in [9.17, 15) is 13.2 Å². The summed E-state index contributed by atoms with van der Waals surface area (Å²) in [5.41, 5.74) is 1.89. The van der Waals surface area contributed by atoms with Gasteiger partial charge in [0.25, 0.3) is 15.9 Å². The number of para-hydroxylation sites is 1. The van der Waals surface area contributed by atoms with Gasteiger partial charge in [-0.3, -0.25) is 14.4 Å². The average Bonchev–Trinajstić information content (AvgIpc) is 3.38. The first-order chi connectivity index (χ1) is 18.4. The van der Waals surface area contributed by atoms with E-state index >= 15 is 0 Å². The second-order valence-corrected chi connectivity index (χ2v) is 11.6. The van der Waals surface area contributed by atoms with Crippen molar-refractivity contribution in [3.63, 3.8) is 0 Å². The number of nitrogens with one attached hydrogen (secondary N) is 2. The Labute approximate surface area is 226 Å². The summed E-state index contributed by atoms with van der Waals surface area (Å²) in [6.45, 7) is 4.93. The van der Waals surface area contributed by atoms with Crippen LogP contribution in [0.5, 0.6) is 5.75 Å². The van der Waals surface area contributed by atoms with E-state index < -0.39 is 10.0 Å². The summed E-state index contributed by atoms with van der Waals surface area (Å²) in [7, 11) is -2.23. The van der Waals surface area contributed by atoms with E-state index in [1.165, 1.54) is 23.9 Å². The molecule has 0 unspecified atom stereocenters. The van der Waals surface area contributed by atoms with Crippen LogP contribution in [0.15, 0.2) is 77.7 Å². The van der Waals surface area contributed by atoms with Crippen LogP contribution < -0.4 is 19.7 Å². The van der Waals surface area contributed by atoms with Gasteiger partial charge in [-0.2, -0.15) is 0 Å². The van der Waals surface area contributed by atoms with Crippen molar-refractivity contribution in [2.45, 2.75) is 4.90 Å². The summed E-state index contributed by atoms with van der Waals surface area (Å²) in [5.74, 6) is 0.383. The number of thiazole rings is 1. The molecule has 1 amide bonds. The highest BCUT2D eigenvalue weighted by Crippen LogP contribution is 2.29. The Bertz CT molecular complexity index is 1460. The zero-order chi connectivity index (χ0) is 26.5. The first-order valence-electron chi connectivity index (χ1n) is 12.3. The van der Waals surface area contributed by atoms with E-state index in [0.717, 1.165) is 43.4 Å². The van der Waals surface area contributed by atoms with Crippen molar-refractivity contribution in [1.82, 2.24) is 15.2 Å². The normalized spacial score (nSPS) is 14.4. The lowest BCUT2D eigenvalue weighted by Gasteiger charge is -2.34. The van der Waals surface area contributed by atoms with Crippen molar-refractivity contribution >= 4 is 48.3 Å². The third kappa shape index (κ3) is 6.07. The fourth-order valence-corrected chi connectivity index (χ4v) is 6.32. The van der Waals surface area contributed by atoms with Gasteiger partial charge < -0.3 is 15.0 Å². The van der Waals surface area contributed by atoms with Crippen LogP contribution in [-0.4, -0.2) is 70.6 Å². The van der Waals surface area contributed by atoms with Crippen LogP contribution in [0.2, 0.25) is 0 Å². The maximum atomic E-state index is 12.6. The van der Waals surface area contributed by atoms with Crippen molar-refractivity contribution < 1.29 is 17.9 Å². The summed E-state index contributed by atoms with van der Waals surface area (Å²) in [5, 5.41) is 4.02.